The van der Waals surface area contributed by atoms with E-state index >= 15 is 0 Å². The van der Waals surface area contributed by atoms with Gasteiger partial charge in [-0.25, -0.2) is 9.67 Å². The molecular formula is C21H30N4OS. The normalized spacial score (nSPS) is 11.4. The van der Waals surface area contributed by atoms with E-state index in [1.165, 1.54) is 19.3 Å². The first-order valence-corrected chi connectivity index (χ1v) is 10.3. The van der Waals surface area contributed by atoms with Crippen molar-refractivity contribution < 1.29 is 4.74 Å². The molecule has 27 heavy (non-hydrogen) atoms. The summed E-state index contributed by atoms with van der Waals surface area (Å²) >= 11 is 5.34. The summed E-state index contributed by atoms with van der Waals surface area (Å²) in [6.45, 7) is 5.85. The SMILES string of the molecule is CCCCCCNC(=S)/N=c1\cnn(-c2ccccc2)c(OCCCC)c1. The lowest BCUT2D eigenvalue weighted by Gasteiger charge is -2.13. The van der Waals surface area contributed by atoms with Crippen LogP contribution in [0, 0.1) is 0 Å². The molecule has 0 aliphatic rings. The molecule has 0 aliphatic heterocycles. The molecule has 2 aromatic rings. The highest BCUT2D eigenvalue weighted by Crippen LogP contribution is 2.14. The summed E-state index contributed by atoms with van der Waals surface area (Å²) in [5, 5.41) is 8.89. The van der Waals surface area contributed by atoms with Gasteiger partial charge in [0.15, 0.2) is 5.11 Å². The molecule has 0 radical (unpaired) electrons. The Bertz CT molecular complexity index is 758. The van der Waals surface area contributed by atoms with Gasteiger partial charge in [-0.05, 0) is 37.2 Å². The lowest BCUT2D eigenvalue weighted by Crippen LogP contribution is -2.24. The lowest BCUT2D eigenvalue weighted by molar-refractivity contribution is 0.284. The number of nitrogens with zero attached hydrogens (tertiary/aromatic N) is 3. The maximum atomic E-state index is 5.96. The van der Waals surface area contributed by atoms with Gasteiger partial charge in [-0.1, -0.05) is 57.7 Å². The van der Waals surface area contributed by atoms with Crippen LogP contribution in [0.3, 0.4) is 0 Å². The van der Waals surface area contributed by atoms with Gasteiger partial charge in [0, 0.05) is 12.6 Å². The van der Waals surface area contributed by atoms with Gasteiger partial charge in [0.05, 0.1) is 23.8 Å². The Morgan fingerprint density at radius 1 is 1.11 bits per heavy atom. The monoisotopic (exact) mass is 386 g/mol. The quantitative estimate of drug-likeness (QED) is 0.485. The second-order valence-electron chi connectivity index (χ2n) is 6.41. The molecular weight excluding hydrogens is 356 g/mol. The standard InChI is InChI=1S/C21H30N4OS/c1-3-5-7-11-14-22-21(27)24-18-16-20(26-15-6-4-2)25(23-17-18)19-12-9-8-10-13-19/h8-10,12-13,16-17H,3-7,11,14-15H2,1-2H3,(H,22,27)/b24-18-. The Hall–Kier alpha value is -2.21. The molecule has 0 saturated carbocycles. The first-order valence-electron chi connectivity index (χ1n) is 9.84. The van der Waals surface area contributed by atoms with Gasteiger partial charge in [0.2, 0.25) is 5.88 Å². The van der Waals surface area contributed by atoms with E-state index in [1.54, 1.807) is 10.9 Å². The van der Waals surface area contributed by atoms with Crippen LogP contribution < -0.4 is 15.4 Å². The van der Waals surface area contributed by atoms with Crippen molar-refractivity contribution in [2.75, 3.05) is 13.2 Å². The molecule has 146 valence electrons. The van der Waals surface area contributed by atoms with Crippen LogP contribution >= 0.6 is 12.2 Å². The molecule has 6 heteroatoms. The molecule has 0 spiro atoms. The molecule has 0 amide bonds. The van der Waals surface area contributed by atoms with Crippen LogP contribution in [0.2, 0.25) is 0 Å². The van der Waals surface area contributed by atoms with Crippen LogP contribution in [0.4, 0.5) is 0 Å². The Kier molecular flexibility index (Phi) is 9.55. The van der Waals surface area contributed by atoms with Gasteiger partial charge in [-0.3, -0.25) is 0 Å². The van der Waals surface area contributed by atoms with E-state index in [2.05, 4.69) is 29.3 Å². The second kappa shape index (κ2) is 12.2. The van der Waals surface area contributed by atoms with Crippen LogP contribution in [-0.4, -0.2) is 28.0 Å². The van der Waals surface area contributed by atoms with Crippen molar-refractivity contribution in [1.29, 1.82) is 0 Å². The van der Waals surface area contributed by atoms with E-state index < -0.39 is 0 Å². The molecule has 1 N–H and O–H groups in total. The smallest absolute Gasteiger partial charge is 0.217 e. The third kappa shape index (κ3) is 7.51. The maximum Gasteiger partial charge on any atom is 0.217 e. The zero-order valence-corrected chi connectivity index (χ0v) is 17.2. The number of para-hydroxylation sites is 1. The zero-order chi connectivity index (χ0) is 19.3. The van der Waals surface area contributed by atoms with Crippen molar-refractivity contribution >= 4 is 17.3 Å². The van der Waals surface area contributed by atoms with E-state index in [0.29, 0.717) is 23.0 Å². The summed E-state index contributed by atoms with van der Waals surface area (Å²) in [4.78, 5) is 4.47. The summed E-state index contributed by atoms with van der Waals surface area (Å²) in [5.41, 5.74) is 0.951. The number of thiocarbonyl (C=S) groups is 1. The Morgan fingerprint density at radius 2 is 1.89 bits per heavy atom. The third-order valence-corrected chi connectivity index (χ3v) is 4.31. The molecule has 2 rings (SSSR count). The minimum absolute atomic E-state index is 0.491. The number of benzene rings is 1. The molecule has 0 atom stereocenters. The van der Waals surface area contributed by atoms with E-state index in [0.717, 1.165) is 31.5 Å². The van der Waals surface area contributed by atoms with Gasteiger partial charge < -0.3 is 10.1 Å². The number of nitrogens with one attached hydrogen (secondary N) is 1. The van der Waals surface area contributed by atoms with Crippen molar-refractivity contribution in [2.45, 2.75) is 52.4 Å². The molecule has 0 aliphatic carbocycles. The summed E-state index contributed by atoms with van der Waals surface area (Å²) in [5.74, 6) is 0.668. The summed E-state index contributed by atoms with van der Waals surface area (Å²) in [6.07, 6.45) is 8.59. The number of rotatable bonds is 10. The largest absolute Gasteiger partial charge is 0.478 e. The second-order valence-corrected chi connectivity index (χ2v) is 6.79. The van der Waals surface area contributed by atoms with Crippen molar-refractivity contribution in [3.05, 3.63) is 48.0 Å². The molecule has 0 fully saturated rings. The Labute approximate surface area is 167 Å². The topological polar surface area (TPSA) is 51.4 Å². The Balaban J connectivity index is 2.12. The minimum Gasteiger partial charge on any atom is -0.478 e. The summed E-state index contributed by atoms with van der Waals surface area (Å²) < 4.78 is 7.74. The van der Waals surface area contributed by atoms with E-state index in [9.17, 15) is 0 Å². The highest BCUT2D eigenvalue weighted by atomic mass is 32.1. The molecule has 1 aromatic heterocycles. The number of hydrogen-bond acceptors (Lipinski definition) is 3. The number of aromatic nitrogens is 2. The fourth-order valence-corrected chi connectivity index (χ4v) is 2.76. The highest BCUT2D eigenvalue weighted by Gasteiger charge is 2.05. The van der Waals surface area contributed by atoms with Crippen LogP contribution in [-0.2, 0) is 0 Å². The average Bonchev–Trinajstić information content (AvgIpc) is 2.69. The van der Waals surface area contributed by atoms with E-state index in [1.807, 2.05) is 36.4 Å². The predicted molar refractivity (Wildman–Crippen MR) is 114 cm³/mol. The Morgan fingerprint density at radius 3 is 2.63 bits per heavy atom. The van der Waals surface area contributed by atoms with Crippen LogP contribution in [0.25, 0.3) is 5.69 Å². The van der Waals surface area contributed by atoms with Crippen molar-refractivity contribution in [2.24, 2.45) is 4.99 Å². The van der Waals surface area contributed by atoms with Gasteiger partial charge in [0.1, 0.15) is 0 Å². The first kappa shape index (κ1) is 21.1. The minimum atomic E-state index is 0.491. The van der Waals surface area contributed by atoms with Crippen molar-refractivity contribution in [1.82, 2.24) is 15.1 Å². The highest BCUT2D eigenvalue weighted by molar-refractivity contribution is 7.80. The molecule has 0 bridgehead atoms. The summed E-state index contributed by atoms with van der Waals surface area (Å²) in [6, 6.07) is 11.8. The van der Waals surface area contributed by atoms with Gasteiger partial charge in [0.25, 0.3) is 0 Å². The van der Waals surface area contributed by atoms with Crippen molar-refractivity contribution in [3.63, 3.8) is 0 Å². The predicted octanol–water partition coefficient (Wildman–Crippen LogP) is 4.41. The fraction of sp³-hybridized carbons (Fsp3) is 0.476. The average molecular weight is 387 g/mol. The van der Waals surface area contributed by atoms with E-state index in [4.69, 9.17) is 17.0 Å². The number of unbranched alkanes of at least 4 members (excludes halogenated alkanes) is 4. The van der Waals surface area contributed by atoms with Crippen LogP contribution in [0.1, 0.15) is 52.4 Å². The van der Waals surface area contributed by atoms with Crippen LogP contribution in [0.5, 0.6) is 5.88 Å². The molecule has 1 heterocycles. The third-order valence-electron chi connectivity index (χ3n) is 4.07. The molecule has 5 nitrogen and oxygen atoms in total. The van der Waals surface area contributed by atoms with Gasteiger partial charge >= 0.3 is 0 Å². The van der Waals surface area contributed by atoms with E-state index in [-0.39, 0.29) is 0 Å². The summed E-state index contributed by atoms with van der Waals surface area (Å²) in [7, 11) is 0. The lowest BCUT2D eigenvalue weighted by atomic mass is 10.2. The number of ether oxygens (including phenoxy) is 1. The fourth-order valence-electron chi connectivity index (χ4n) is 2.55. The molecule has 1 aromatic carbocycles. The zero-order valence-electron chi connectivity index (χ0n) is 16.4. The van der Waals surface area contributed by atoms with Crippen molar-refractivity contribution in [3.8, 4) is 11.6 Å². The first-order chi connectivity index (χ1) is 13.2. The van der Waals surface area contributed by atoms with Crippen LogP contribution in [0.15, 0.2) is 47.6 Å². The van der Waals surface area contributed by atoms with Gasteiger partial charge in [-0.15, -0.1) is 0 Å². The molecule has 0 unspecified atom stereocenters. The van der Waals surface area contributed by atoms with Gasteiger partial charge in [-0.2, -0.15) is 5.10 Å². The number of hydrogen-bond donors (Lipinski definition) is 1. The maximum absolute atomic E-state index is 5.96. The molecule has 0 saturated heterocycles.